The van der Waals surface area contributed by atoms with Crippen molar-refractivity contribution in [2.45, 2.75) is 12.6 Å². The first-order valence-electron chi connectivity index (χ1n) is 6.36. The number of carbonyl (C=O) groups is 1. The van der Waals surface area contributed by atoms with Crippen molar-refractivity contribution in [1.29, 1.82) is 0 Å². The van der Waals surface area contributed by atoms with Crippen LogP contribution in [0.15, 0.2) is 29.1 Å². The van der Waals surface area contributed by atoms with Crippen molar-refractivity contribution in [1.82, 2.24) is 20.3 Å². The number of halogens is 4. The summed E-state index contributed by atoms with van der Waals surface area (Å²) in [6.07, 6.45) is -0.944. The van der Waals surface area contributed by atoms with Crippen molar-refractivity contribution < 1.29 is 18.0 Å². The van der Waals surface area contributed by atoms with E-state index in [1.807, 2.05) is 0 Å². The van der Waals surface area contributed by atoms with Gasteiger partial charge in [-0.2, -0.15) is 13.2 Å². The van der Waals surface area contributed by atoms with Gasteiger partial charge in [0.15, 0.2) is 17.2 Å². The fourth-order valence-electron chi connectivity index (χ4n) is 1.73. The highest BCUT2D eigenvalue weighted by Crippen LogP contribution is 2.33. The molecule has 0 fully saturated rings. The number of nitrogen functional groups attached to an aromatic ring is 1. The molecule has 0 saturated heterocycles. The highest BCUT2D eigenvalue weighted by Gasteiger charge is 2.37. The number of hydrogen-bond donors (Lipinski definition) is 2. The first-order valence-corrected chi connectivity index (χ1v) is 7.15. The molecule has 0 atom stereocenters. The summed E-state index contributed by atoms with van der Waals surface area (Å²) in [7, 11) is 0. The third-order valence-corrected chi connectivity index (χ3v) is 3.37. The second-order valence-electron chi connectivity index (χ2n) is 4.46. The molecule has 2 heterocycles. The summed E-state index contributed by atoms with van der Waals surface area (Å²) < 4.78 is 37.4. The van der Waals surface area contributed by atoms with Gasteiger partial charge in [-0.15, -0.1) is 0 Å². The van der Waals surface area contributed by atoms with Crippen molar-refractivity contribution >= 4 is 27.7 Å². The average molecular weight is 390 g/mol. The predicted octanol–water partition coefficient (Wildman–Crippen LogP) is 2.21. The van der Waals surface area contributed by atoms with Gasteiger partial charge in [0.05, 0.1) is 0 Å². The van der Waals surface area contributed by atoms with Crippen molar-refractivity contribution in [3.63, 3.8) is 0 Å². The Bertz CT molecular complexity index is 709. The lowest BCUT2D eigenvalue weighted by atomic mass is 10.2. The number of nitrogens with two attached hydrogens (primary N) is 1. The summed E-state index contributed by atoms with van der Waals surface area (Å²) in [5.41, 5.74) is 4.72. The van der Waals surface area contributed by atoms with Gasteiger partial charge in [0.25, 0.3) is 5.91 Å². The van der Waals surface area contributed by atoms with Gasteiger partial charge in [-0.05, 0) is 40.0 Å². The van der Waals surface area contributed by atoms with Gasteiger partial charge in [0.1, 0.15) is 4.60 Å². The molecule has 3 N–H and O–H groups in total. The van der Waals surface area contributed by atoms with E-state index in [0.717, 1.165) is 5.56 Å². The number of alkyl halides is 3. The van der Waals surface area contributed by atoms with E-state index in [0.29, 0.717) is 6.42 Å². The van der Waals surface area contributed by atoms with Gasteiger partial charge < -0.3 is 11.1 Å². The van der Waals surface area contributed by atoms with E-state index in [9.17, 15) is 18.0 Å². The lowest BCUT2D eigenvalue weighted by molar-refractivity contribution is -0.142. The molecular weight excluding hydrogens is 379 g/mol. The minimum absolute atomic E-state index is 0.266. The summed E-state index contributed by atoms with van der Waals surface area (Å²) in [6, 6.07) is 3.57. The first-order chi connectivity index (χ1) is 10.8. The van der Waals surface area contributed by atoms with E-state index >= 15 is 0 Å². The van der Waals surface area contributed by atoms with Crippen molar-refractivity contribution in [3.05, 3.63) is 46.1 Å². The van der Waals surface area contributed by atoms with Crippen molar-refractivity contribution in [3.8, 4) is 0 Å². The summed E-state index contributed by atoms with van der Waals surface area (Å²) in [5, 5.41) is 2.53. The lowest BCUT2D eigenvalue weighted by Crippen LogP contribution is -2.28. The SMILES string of the molecule is Nc1nc(C(F)(F)F)c(Br)nc1C(=O)NCCc1ccncc1. The maximum atomic E-state index is 12.7. The van der Waals surface area contributed by atoms with Crippen LogP contribution in [0.25, 0.3) is 0 Å². The van der Waals surface area contributed by atoms with Crippen molar-refractivity contribution in [2.75, 3.05) is 12.3 Å². The van der Waals surface area contributed by atoms with Crippen LogP contribution < -0.4 is 11.1 Å². The number of anilines is 1. The van der Waals surface area contributed by atoms with Crippen LogP contribution in [0.2, 0.25) is 0 Å². The Kier molecular flexibility index (Phi) is 5.14. The number of nitrogens with one attached hydrogen (secondary N) is 1. The van der Waals surface area contributed by atoms with Crippen LogP contribution in [-0.4, -0.2) is 27.4 Å². The molecule has 0 aliphatic rings. The van der Waals surface area contributed by atoms with Crippen LogP contribution in [0.3, 0.4) is 0 Å². The van der Waals surface area contributed by atoms with E-state index < -0.39 is 28.2 Å². The molecular formula is C13H11BrF3N5O. The Morgan fingerprint density at radius 1 is 1.26 bits per heavy atom. The smallest absolute Gasteiger partial charge is 0.382 e. The Hall–Kier alpha value is -2.23. The zero-order valence-electron chi connectivity index (χ0n) is 11.6. The molecule has 2 rings (SSSR count). The quantitative estimate of drug-likeness (QED) is 0.835. The molecule has 2 aromatic rings. The molecule has 0 saturated carbocycles. The lowest BCUT2D eigenvalue weighted by Gasteiger charge is -2.11. The molecule has 0 unspecified atom stereocenters. The molecule has 0 bridgehead atoms. The van der Waals surface area contributed by atoms with E-state index in [2.05, 4.69) is 36.2 Å². The molecule has 6 nitrogen and oxygen atoms in total. The van der Waals surface area contributed by atoms with Gasteiger partial charge in [-0.25, -0.2) is 9.97 Å². The van der Waals surface area contributed by atoms with Crippen molar-refractivity contribution in [2.24, 2.45) is 0 Å². The van der Waals surface area contributed by atoms with E-state index in [4.69, 9.17) is 5.73 Å². The predicted molar refractivity (Wildman–Crippen MR) is 79.4 cm³/mol. The van der Waals surface area contributed by atoms with Gasteiger partial charge in [0, 0.05) is 18.9 Å². The summed E-state index contributed by atoms with van der Waals surface area (Å²) in [4.78, 5) is 22.6. The van der Waals surface area contributed by atoms with Gasteiger partial charge in [-0.3, -0.25) is 9.78 Å². The monoisotopic (exact) mass is 389 g/mol. The average Bonchev–Trinajstić information content (AvgIpc) is 2.49. The Morgan fingerprint density at radius 2 is 1.91 bits per heavy atom. The molecule has 2 aromatic heterocycles. The third-order valence-electron chi connectivity index (χ3n) is 2.81. The zero-order chi connectivity index (χ0) is 17.0. The van der Waals surface area contributed by atoms with Crippen LogP contribution >= 0.6 is 15.9 Å². The molecule has 0 spiro atoms. The van der Waals surface area contributed by atoms with Crippen LogP contribution in [0.5, 0.6) is 0 Å². The number of hydrogen-bond acceptors (Lipinski definition) is 5. The Morgan fingerprint density at radius 3 is 2.52 bits per heavy atom. The zero-order valence-corrected chi connectivity index (χ0v) is 13.1. The van der Waals surface area contributed by atoms with Gasteiger partial charge in [0.2, 0.25) is 0 Å². The highest BCUT2D eigenvalue weighted by atomic mass is 79.9. The molecule has 0 aromatic carbocycles. The number of rotatable bonds is 4. The second kappa shape index (κ2) is 6.90. The van der Waals surface area contributed by atoms with Crippen LogP contribution in [0, 0.1) is 0 Å². The van der Waals surface area contributed by atoms with Crippen LogP contribution in [0.4, 0.5) is 19.0 Å². The summed E-state index contributed by atoms with van der Waals surface area (Å²) >= 11 is 2.65. The first kappa shape index (κ1) is 17.1. The fraction of sp³-hybridized carbons (Fsp3) is 0.231. The molecule has 1 amide bonds. The Balaban J connectivity index is 2.06. The minimum Gasteiger partial charge on any atom is -0.382 e. The summed E-state index contributed by atoms with van der Waals surface area (Å²) in [5.74, 6) is -1.28. The van der Waals surface area contributed by atoms with E-state index in [-0.39, 0.29) is 12.2 Å². The number of nitrogens with zero attached hydrogens (tertiary/aromatic N) is 3. The van der Waals surface area contributed by atoms with Crippen LogP contribution in [-0.2, 0) is 12.6 Å². The molecule has 122 valence electrons. The standard InChI is InChI=1S/C13H11BrF3N5O/c14-10-9(13(15,16)17)22-11(18)8(21-10)12(23)20-6-3-7-1-4-19-5-2-7/h1-2,4-5H,3,6H2,(H2,18,22)(H,20,23). The molecule has 23 heavy (non-hydrogen) atoms. The maximum absolute atomic E-state index is 12.7. The molecule has 0 aliphatic heterocycles. The third kappa shape index (κ3) is 4.38. The fourth-order valence-corrected chi connectivity index (χ4v) is 2.22. The highest BCUT2D eigenvalue weighted by molar-refractivity contribution is 9.10. The molecule has 10 heteroatoms. The van der Waals surface area contributed by atoms with E-state index in [1.165, 1.54) is 0 Å². The summed E-state index contributed by atoms with van der Waals surface area (Å²) in [6.45, 7) is 0.266. The largest absolute Gasteiger partial charge is 0.436 e. The van der Waals surface area contributed by atoms with E-state index in [1.54, 1.807) is 24.5 Å². The molecule has 0 aliphatic carbocycles. The number of aromatic nitrogens is 3. The number of carbonyl (C=O) groups excluding carboxylic acids is 1. The topological polar surface area (TPSA) is 93.8 Å². The Labute approximate surface area is 137 Å². The number of amides is 1. The second-order valence-corrected chi connectivity index (χ2v) is 5.21. The van der Waals surface area contributed by atoms with Gasteiger partial charge in [-0.1, -0.05) is 0 Å². The number of pyridine rings is 1. The maximum Gasteiger partial charge on any atom is 0.436 e. The minimum atomic E-state index is -4.71. The van der Waals surface area contributed by atoms with Gasteiger partial charge >= 0.3 is 6.18 Å². The normalized spacial score (nSPS) is 11.3. The molecule has 0 radical (unpaired) electrons. The van der Waals surface area contributed by atoms with Crippen LogP contribution in [0.1, 0.15) is 21.7 Å².